The van der Waals surface area contributed by atoms with Crippen molar-refractivity contribution in [2.45, 2.75) is 38.7 Å². The van der Waals surface area contributed by atoms with E-state index < -0.39 is 11.6 Å². The molecule has 1 saturated heterocycles. The Morgan fingerprint density at radius 2 is 2.10 bits per heavy atom. The lowest BCUT2D eigenvalue weighted by Gasteiger charge is -2.33. The summed E-state index contributed by atoms with van der Waals surface area (Å²) in [5, 5.41) is 18.8. The number of aliphatic carboxylic acids is 1. The fourth-order valence-corrected chi connectivity index (χ4v) is 2.93. The van der Waals surface area contributed by atoms with Crippen LogP contribution in [-0.4, -0.2) is 46.3 Å². The first-order chi connectivity index (χ1) is 9.83. The van der Waals surface area contributed by atoms with Crippen molar-refractivity contribution >= 4 is 5.97 Å². The average Bonchev–Trinajstić information content (AvgIpc) is 2.40. The van der Waals surface area contributed by atoms with E-state index in [0.29, 0.717) is 18.0 Å². The van der Waals surface area contributed by atoms with E-state index >= 15 is 0 Å². The van der Waals surface area contributed by atoms with Crippen LogP contribution in [0, 0.1) is 5.92 Å². The Hall–Kier alpha value is -1.39. The van der Waals surface area contributed by atoms with Crippen LogP contribution in [0.4, 0.5) is 0 Å². The molecule has 2 rings (SSSR count). The third-order valence-corrected chi connectivity index (χ3v) is 3.94. The molecule has 4 nitrogen and oxygen atoms in total. The Kier molecular flexibility index (Phi) is 5.01. The molecule has 0 bridgehead atoms. The molecule has 0 aromatic carbocycles. The summed E-state index contributed by atoms with van der Waals surface area (Å²) < 4.78 is 0. The van der Waals surface area contributed by atoms with E-state index in [1.807, 2.05) is 19.9 Å². The van der Waals surface area contributed by atoms with Crippen molar-refractivity contribution in [3.05, 3.63) is 35.5 Å². The summed E-state index contributed by atoms with van der Waals surface area (Å²) in [6.45, 7) is 6.38. The Bertz CT molecular complexity index is 473. The zero-order valence-corrected chi connectivity index (χ0v) is 12.9. The van der Waals surface area contributed by atoms with Crippen LogP contribution < -0.4 is 0 Å². The highest BCUT2D eigenvalue weighted by Crippen LogP contribution is 2.24. The van der Waals surface area contributed by atoms with Crippen molar-refractivity contribution < 1.29 is 15.0 Å². The molecule has 1 heterocycles. The third kappa shape index (κ3) is 5.14. The molecule has 2 aliphatic rings. The molecule has 0 saturated carbocycles. The van der Waals surface area contributed by atoms with Crippen LogP contribution in [0.25, 0.3) is 0 Å². The summed E-state index contributed by atoms with van der Waals surface area (Å²) in [5.74, 6) is -0.527. The summed E-state index contributed by atoms with van der Waals surface area (Å²) in [4.78, 5) is 13.1. The predicted octanol–water partition coefficient (Wildman–Crippen LogP) is 2.37. The number of β-amino-alcohol motifs (C(OH)–C–C–N with tert-alkyl or cyclic N) is 1. The van der Waals surface area contributed by atoms with Gasteiger partial charge >= 0.3 is 5.97 Å². The van der Waals surface area contributed by atoms with Gasteiger partial charge in [0.05, 0.1) is 11.2 Å². The van der Waals surface area contributed by atoms with Gasteiger partial charge in [0.1, 0.15) is 0 Å². The minimum atomic E-state index is -0.850. The second-order valence-electron chi connectivity index (χ2n) is 6.64. The minimum Gasteiger partial charge on any atom is -0.478 e. The molecule has 116 valence electrons. The van der Waals surface area contributed by atoms with Crippen LogP contribution in [0.2, 0.25) is 0 Å². The number of hydrogen-bond acceptors (Lipinski definition) is 3. The Balaban J connectivity index is 1.83. The van der Waals surface area contributed by atoms with Crippen molar-refractivity contribution in [2.75, 3.05) is 19.6 Å². The molecule has 0 aromatic heterocycles. The van der Waals surface area contributed by atoms with Crippen molar-refractivity contribution in [2.24, 2.45) is 5.92 Å². The van der Waals surface area contributed by atoms with E-state index in [1.54, 1.807) is 12.2 Å². The number of carbonyl (C=O) groups is 1. The molecular weight excluding hydrogens is 266 g/mol. The van der Waals surface area contributed by atoms with E-state index in [0.717, 1.165) is 32.4 Å². The van der Waals surface area contributed by atoms with E-state index in [4.69, 9.17) is 5.11 Å². The van der Waals surface area contributed by atoms with Crippen molar-refractivity contribution in [1.29, 1.82) is 0 Å². The molecule has 2 N–H and O–H groups in total. The summed E-state index contributed by atoms with van der Waals surface area (Å²) in [7, 11) is 0. The monoisotopic (exact) mass is 291 g/mol. The second-order valence-corrected chi connectivity index (χ2v) is 6.64. The summed E-state index contributed by atoms with van der Waals surface area (Å²) in [5.41, 5.74) is 1.21. The topological polar surface area (TPSA) is 60.8 Å². The molecule has 0 radical (unpaired) electrons. The molecule has 0 aromatic rings. The number of hydrogen-bond donors (Lipinski definition) is 2. The Morgan fingerprint density at radius 1 is 1.43 bits per heavy atom. The number of allylic oxidation sites excluding steroid dienone is 3. The smallest absolute Gasteiger partial charge is 0.335 e. The van der Waals surface area contributed by atoms with Crippen LogP contribution in [0.15, 0.2) is 35.5 Å². The number of rotatable bonds is 4. The first-order valence-electron chi connectivity index (χ1n) is 7.59. The minimum absolute atomic E-state index is 0.323. The van der Waals surface area contributed by atoms with Crippen molar-refractivity contribution in [3.8, 4) is 0 Å². The Morgan fingerprint density at radius 3 is 2.57 bits per heavy atom. The van der Waals surface area contributed by atoms with Crippen LogP contribution in [0.3, 0.4) is 0 Å². The van der Waals surface area contributed by atoms with Gasteiger partial charge in [0.15, 0.2) is 0 Å². The lowest BCUT2D eigenvalue weighted by Crippen LogP contribution is -2.41. The van der Waals surface area contributed by atoms with Crippen molar-refractivity contribution in [3.63, 3.8) is 0 Å². The van der Waals surface area contributed by atoms with Gasteiger partial charge in [0.2, 0.25) is 0 Å². The van der Waals surface area contributed by atoms with Crippen molar-refractivity contribution in [1.82, 2.24) is 4.90 Å². The number of nitrogens with zero attached hydrogens (tertiary/aromatic N) is 1. The lowest BCUT2D eigenvalue weighted by molar-refractivity contribution is -0.132. The number of carboxylic acid groups (broad SMARTS) is 1. The van der Waals surface area contributed by atoms with Crippen LogP contribution in [0.1, 0.15) is 33.1 Å². The molecule has 1 unspecified atom stereocenters. The highest BCUT2D eigenvalue weighted by Gasteiger charge is 2.21. The highest BCUT2D eigenvalue weighted by atomic mass is 16.4. The van der Waals surface area contributed by atoms with Gasteiger partial charge in [-0.15, -0.1) is 0 Å². The number of likely N-dealkylation sites (tertiary alicyclic amines) is 1. The standard InChI is InChI=1S/C17H25NO3/c1-17(2,21)12-18-9-7-14(8-10-18)11-13-3-5-15(6-4-13)16(19)20/h3,5-6,11,13,21H,4,7-10,12H2,1-2H3,(H,19,20). The fraction of sp³-hybridized carbons (Fsp3) is 0.588. The van der Waals surface area contributed by atoms with Gasteiger partial charge < -0.3 is 10.2 Å². The lowest BCUT2D eigenvalue weighted by atomic mass is 9.91. The first-order valence-corrected chi connectivity index (χ1v) is 7.59. The van der Waals surface area contributed by atoms with Gasteiger partial charge in [-0.25, -0.2) is 4.79 Å². The van der Waals surface area contributed by atoms with Crippen LogP contribution in [0.5, 0.6) is 0 Å². The molecular formula is C17H25NO3. The molecule has 1 fully saturated rings. The number of piperidine rings is 1. The average molecular weight is 291 g/mol. The number of aliphatic hydroxyl groups is 1. The fourth-order valence-electron chi connectivity index (χ4n) is 2.93. The first kappa shape index (κ1) is 16.0. The SMILES string of the molecule is CC(C)(O)CN1CCC(=CC2C=CC(C(=O)O)=CC2)CC1. The van der Waals surface area contributed by atoms with Crippen LogP contribution >= 0.6 is 0 Å². The maximum Gasteiger partial charge on any atom is 0.335 e. The predicted molar refractivity (Wildman–Crippen MR) is 83.0 cm³/mol. The zero-order valence-electron chi connectivity index (χ0n) is 12.9. The van der Waals surface area contributed by atoms with Gasteiger partial charge in [-0.3, -0.25) is 4.90 Å². The summed E-state index contributed by atoms with van der Waals surface area (Å²) in [6.07, 6.45) is 10.6. The van der Waals surface area contributed by atoms with E-state index in [-0.39, 0.29) is 0 Å². The van der Waals surface area contributed by atoms with Gasteiger partial charge in [-0.05, 0) is 39.0 Å². The molecule has 1 aliphatic heterocycles. The largest absolute Gasteiger partial charge is 0.478 e. The maximum absolute atomic E-state index is 10.8. The van der Waals surface area contributed by atoms with Crippen LogP contribution in [-0.2, 0) is 4.79 Å². The quantitative estimate of drug-likeness (QED) is 0.781. The van der Waals surface area contributed by atoms with Gasteiger partial charge in [0, 0.05) is 19.6 Å². The van der Waals surface area contributed by atoms with Gasteiger partial charge in [0.25, 0.3) is 0 Å². The zero-order chi connectivity index (χ0) is 15.5. The molecule has 0 amide bonds. The van der Waals surface area contributed by atoms with Gasteiger partial charge in [-0.1, -0.05) is 29.9 Å². The molecule has 1 aliphatic carbocycles. The maximum atomic E-state index is 10.8. The number of carboxylic acids is 1. The molecule has 4 heteroatoms. The Labute approximate surface area is 126 Å². The highest BCUT2D eigenvalue weighted by molar-refractivity contribution is 5.90. The van der Waals surface area contributed by atoms with E-state index in [9.17, 15) is 9.90 Å². The molecule has 21 heavy (non-hydrogen) atoms. The normalized spacial score (nSPS) is 23.9. The third-order valence-electron chi connectivity index (χ3n) is 3.94. The van der Waals surface area contributed by atoms with E-state index in [2.05, 4.69) is 11.0 Å². The second kappa shape index (κ2) is 6.58. The molecule has 1 atom stereocenters. The summed E-state index contributed by atoms with van der Waals surface area (Å²) >= 11 is 0. The van der Waals surface area contributed by atoms with E-state index in [1.165, 1.54) is 5.57 Å². The molecule has 0 spiro atoms. The van der Waals surface area contributed by atoms with Gasteiger partial charge in [-0.2, -0.15) is 0 Å². The summed E-state index contributed by atoms with van der Waals surface area (Å²) in [6, 6.07) is 0.